The Bertz CT molecular complexity index is 410. The molecule has 4 nitrogen and oxygen atoms in total. The summed E-state index contributed by atoms with van der Waals surface area (Å²) in [5, 5.41) is 2.92. The van der Waals surface area contributed by atoms with Gasteiger partial charge in [-0.15, -0.1) is 0 Å². The van der Waals surface area contributed by atoms with Crippen molar-refractivity contribution >= 4 is 23.4 Å². The molecule has 1 amide bonds. The summed E-state index contributed by atoms with van der Waals surface area (Å²) in [6.45, 7) is 2.53. The molecular weight excluding hydrogens is 258 g/mol. The fourth-order valence-electron chi connectivity index (χ4n) is 1.80. The van der Waals surface area contributed by atoms with Crippen LogP contribution in [0.3, 0.4) is 0 Å². The van der Waals surface area contributed by atoms with E-state index in [-0.39, 0.29) is 5.91 Å². The number of carbonyl (C=O) groups excluding carboxylic acids is 1. The highest BCUT2D eigenvalue weighted by Gasteiger charge is 2.09. The zero-order chi connectivity index (χ0) is 14.1. The van der Waals surface area contributed by atoms with Gasteiger partial charge in [0.05, 0.1) is 23.1 Å². The molecule has 1 aromatic rings. The van der Waals surface area contributed by atoms with E-state index >= 15 is 0 Å². The summed E-state index contributed by atoms with van der Waals surface area (Å²) in [5.41, 5.74) is 7.45. The summed E-state index contributed by atoms with van der Waals surface area (Å²) in [6, 6.07) is 1.68. The topological polar surface area (TPSA) is 68.0 Å². The molecule has 0 unspecified atom stereocenters. The molecule has 0 aliphatic carbocycles. The maximum Gasteiger partial charge on any atom is 0.253 e. The number of aromatic nitrogens is 1. The molecule has 0 spiro atoms. The van der Waals surface area contributed by atoms with E-state index in [2.05, 4.69) is 16.6 Å². The van der Waals surface area contributed by atoms with Gasteiger partial charge < -0.3 is 11.1 Å². The summed E-state index contributed by atoms with van der Waals surface area (Å²) in [6.07, 6.45) is 8.37. The molecule has 0 aliphatic heterocycles. The molecule has 19 heavy (non-hydrogen) atoms. The molecule has 0 radical (unpaired) electrons. The van der Waals surface area contributed by atoms with Crippen molar-refractivity contribution in [2.45, 2.75) is 32.6 Å². The minimum atomic E-state index is -0.0820. The minimum absolute atomic E-state index is 0.0820. The third-order valence-corrected chi connectivity index (χ3v) is 3.61. The van der Waals surface area contributed by atoms with Gasteiger partial charge in [0.2, 0.25) is 0 Å². The van der Waals surface area contributed by atoms with Crippen LogP contribution in [0.15, 0.2) is 12.3 Å². The van der Waals surface area contributed by atoms with Gasteiger partial charge in [0.25, 0.3) is 5.91 Å². The van der Waals surface area contributed by atoms with E-state index in [0.717, 1.165) is 12.8 Å². The first-order chi connectivity index (χ1) is 9.15. The molecule has 1 aromatic heterocycles. The fourth-order valence-corrected chi connectivity index (χ4v) is 2.29. The van der Waals surface area contributed by atoms with Crippen molar-refractivity contribution < 1.29 is 4.79 Å². The Balaban J connectivity index is 2.26. The molecule has 0 saturated carbocycles. The van der Waals surface area contributed by atoms with Crippen LogP contribution >= 0.6 is 11.8 Å². The van der Waals surface area contributed by atoms with Gasteiger partial charge in [-0.2, -0.15) is 11.8 Å². The van der Waals surface area contributed by atoms with Gasteiger partial charge in [-0.05, 0) is 37.8 Å². The summed E-state index contributed by atoms with van der Waals surface area (Å²) in [4.78, 5) is 16.0. The Morgan fingerprint density at radius 1 is 1.37 bits per heavy atom. The fraction of sp³-hybridized carbons (Fsp3) is 0.571. The van der Waals surface area contributed by atoms with Crippen LogP contribution in [-0.4, -0.2) is 29.4 Å². The second kappa shape index (κ2) is 8.80. The summed E-state index contributed by atoms with van der Waals surface area (Å²) < 4.78 is 0. The molecule has 0 aromatic carbocycles. The van der Waals surface area contributed by atoms with Crippen molar-refractivity contribution in [3.05, 3.63) is 23.5 Å². The Hall–Kier alpha value is -1.23. The molecular formula is C14H23N3OS. The third kappa shape index (κ3) is 5.96. The van der Waals surface area contributed by atoms with E-state index in [4.69, 9.17) is 5.73 Å². The SMILES string of the molecule is CSCCCCCCNC(=O)c1cc(N)cnc1C. The number of aryl methyl sites for hydroxylation is 1. The summed E-state index contributed by atoms with van der Waals surface area (Å²) in [7, 11) is 0. The Kier molecular flexibility index (Phi) is 7.33. The van der Waals surface area contributed by atoms with E-state index < -0.39 is 0 Å². The Labute approximate surface area is 119 Å². The van der Waals surface area contributed by atoms with Crippen LogP contribution in [0.1, 0.15) is 41.7 Å². The lowest BCUT2D eigenvalue weighted by atomic mass is 10.1. The third-order valence-electron chi connectivity index (χ3n) is 2.91. The van der Waals surface area contributed by atoms with Crippen molar-refractivity contribution in [1.82, 2.24) is 10.3 Å². The molecule has 0 atom stereocenters. The summed E-state index contributed by atoms with van der Waals surface area (Å²) >= 11 is 1.88. The number of nitrogens with two attached hydrogens (primary N) is 1. The number of unbranched alkanes of at least 4 members (excludes halogenated alkanes) is 3. The standard InChI is InChI=1S/C14H23N3OS/c1-11-13(9-12(15)10-17-11)14(18)16-7-5-3-4-6-8-19-2/h9-10H,3-8,15H2,1-2H3,(H,16,18). The minimum Gasteiger partial charge on any atom is -0.397 e. The lowest BCUT2D eigenvalue weighted by Gasteiger charge is -2.07. The van der Waals surface area contributed by atoms with E-state index in [1.807, 2.05) is 18.7 Å². The molecule has 1 rings (SSSR count). The first-order valence-corrected chi connectivity index (χ1v) is 8.03. The van der Waals surface area contributed by atoms with Gasteiger partial charge in [0.1, 0.15) is 0 Å². The molecule has 0 fully saturated rings. The number of amides is 1. The van der Waals surface area contributed by atoms with Gasteiger partial charge in [-0.25, -0.2) is 0 Å². The predicted octanol–water partition coefficient (Wildman–Crippen LogP) is 2.63. The average Bonchev–Trinajstić information content (AvgIpc) is 2.40. The van der Waals surface area contributed by atoms with Crippen LogP contribution in [0, 0.1) is 6.92 Å². The van der Waals surface area contributed by atoms with E-state index in [9.17, 15) is 4.79 Å². The molecule has 5 heteroatoms. The predicted molar refractivity (Wildman–Crippen MR) is 82.6 cm³/mol. The van der Waals surface area contributed by atoms with Crippen molar-refractivity contribution in [3.63, 3.8) is 0 Å². The van der Waals surface area contributed by atoms with Crippen LogP contribution in [0.4, 0.5) is 5.69 Å². The number of pyridine rings is 1. The Morgan fingerprint density at radius 3 is 2.84 bits per heavy atom. The Morgan fingerprint density at radius 2 is 2.11 bits per heavy atom. The zero-order valence-electron chi connectivity index (χ0n) is 11.7. The number of carbonyl (C=O) groups is 1. The van der Waals surface area contributed by atoms with Crippen LogP contribution in [0.2, 0.25) is 0 Å². The van der Waals surface area contributed by atoms with Gasteiger partial charge in [0.15, 0.2) is 0 Å². The van der Waals surface area contributed by atoms with E-state index in [1.54, 1.807) is 12.3 Å². The van der Waals surface area contributed by atoms with Crippen molar-refractivity contribution in [1.29, 1.82) is 0 Å². The first-order valence-electron chi connectivity index (χ1n) is 6.64. The smallest absolute Gasteiger partial charge is 0.253 e. The number of nitrogens with one attached hydrogen (secondary N) is 1. The van der Waals surface area contributed by atoms with Crippen LogP contribution in [0.5, 0.6) is 0 Å². The van der Waals surface area contributed by atoms with Gasteiger partial charge in [-0.1, -0.05) is 12.8 Å². The van der Waals surface area contributed by atoms with Crippen molar-refractivity contribution in [2.75, 3.05) is 24.3 Å². The lowest BCUT2D eigenvalue weighted by Crippen LogP contribution is -2.25. The number of nitrogen functional groups attached to an aromatic ring is 1. The second-order valence-corrected chi connectivity index (χ2v) is 5.55. The molecule has 0 bridgehead atoms. The number of nitrogens with zero attached hydrogens (tertiary/aromatic N) is 1. The normalized spacial score (nSPS) is 10.4. The average molecular weight is 281 g/mol. The number of rotatable bonds is 8. The monoisotopic (exact) mass is 281 g/mol. The molecule has 0 saturated heterocycles. The van der Waals surface area contributed by atoms with Crippen molar-refractivity contribution in [3.8, 4) is 0 Å². The van der Waals surface area contributed by atoms with E-state index in [1.165, 1.54) is 18.6 Å². The summed E-state index contributed by atoms with van der Waals surface area (Å²) in [5.74, 6) is 1.14. The second-order valence-electron chi connectivity index (χ2n) is 4.56. The molecule has 3 N–H and O–H groups in total. The zero-order valence-corrected chi connectivity index (χ0v) is 12.6. The van der Waals surface area contributed by atoms with Crippen molar-refractivity contribution in [2.24, 2.45) is 0 Å². The molecule has 1 heterocycles. The molecule has 0 aliphatic rings. The number of hydrogen-bond donors (Lipinski definition) is 2. The maximum absolute atomic E-state index is 11.9. The van der Waals surface area contributed by atoms with Gasteiger partial charge >= 0.3 is 0 Å². The number of hydrogen-bond acceptors (Lipinski definition) is 4. The van der Waals surface area contributed by atoms with Crippen LogP contribution in [-0.2, 0) is 0 Å². The number of anilines is 1. The maximum atomic E-state index is 11.9. The van der Waals surface area contributed by atoms with Gasteiger partial charge in [0, 0.05) is 6.54 Å². The molecule has 106 valence electrons. The van der Waals surface area contributed by atoms with Gasteiger partial charge in [-0.3, -0.25) is 9.78 Å². The largest absolute Gasteiger partial charge is 0.397 e. The quantitative estimate of drug-likeness (QED) is 0.719. The number of thioether (sulfide) groups is 1. The van der Waals surface area contributed by atoms with Crippen LogP contribution in [0.25, 0.3) is 0 Å². The highest BCUT2D eigenvalue weighted by Crippen LogP contribution is 2.09. The highest BCUT2D eigenvalue weighted by molar-refractivity contribution is 7.98. The lowest BCUT2D eigenvalue weighted by molar-refractivity contribution is 0.0952. The van der Waals surface area contributed by atoms with E-state index in [0.29, 0.717) is 23.5 Å². The van der Waals surface area contributed by atoms with Crippen LogP contribution < -0.4 is 11.1 Å². The highest BCUT2D eigenvalue weighted by atomic mass is 32.2. The first kappa shape index (κ1) is 15.8.